The van der Waals surface area contributed by atoms with Gasteiger partial charge in [-0.2, -0.15) is 5.10 Å². The monoisotopic (exact) mass is 280 g/mol. The van der Waals surface area contributed by atoms with Gasteiger partial charge >= 0.3 is 0 Å². The van der Waals surface area contributed by atoms with Gasteiger partial charge in [0, 0.05) is 26.3 Å². The van der Waals surface area contributed by atoms with Gasteiger partial charge in [-0.15, -0.1) is 0 Å². The Morgan fingerprint density at radius 2 is 2.20 bits per heavy atom. The Hall–Kier alpha value is -1.89. The first kappa shape index (κ1) is 14.5. The van der Waals surface area contributed by atoms with Crippen LogP contribution in [0.2, 0.25) is 0 Å². The zero-order chi connectivity index (χ0) is 14.8. The van der Waals surface area contributed by atoms with E-state index in [2.05, 4.69) is 10.4 Å². The van der Waals surface area contributed by atoms with Crippen LogP contribution in [0.3, 0.4) is 0 Å². The van der Waals surface area contributed by atoms with Gasteiger partial charge in [0.05, 0.1) is 25.0 Å². The van der Waals surface area contributed by atoms with E-state index >= 15 is 0 Å². The number of methoxy groups -OCH3 is 1. The standard InChI is InChI=1S/C13H20N4O3/c1-13(2)12(19)17(5-4-11(18)15-13)10-8-14-16(9-10)6-7-20-3/h8-9H,4-7H2,1-3H3,(H,15,18). The molecule has 1 aliphatic heterocycles. The van der Waals surface area contributed by atoms with E-state index in [4.69, 9.17) is 4.74 Å². The zero-order valence-electron chi connectivity index (χ0n) is 12.0. The van der Waals surface area contributed by atoms with Crippen LogP contribution >= 0.6 is 0 Å². The summed E-state index contributed by atoms with van der Waals surface area (Å²) in [6, 6.07) is 0. The Kier molecular flexibility index (Phi) is 4.08. The molecule has 2 rings (SSSR count). The van der Waals surface area contributed by atoms with Crippen LogP contribution in [-0.4, -0.2) is 47.4 Å². The molecular weight excluding hydrogens is 260 g/mol. The van der Waals surface area contributed by atoms with Crippen molar-refractivity contribution >= 4 is 17.5 Å². The first-order chi connectivity index (χ1) is 9.44. The van der Waals surface area contributed by atoms with Crippen LogP contribution in [0.5, 0.6) is 0 Å². The second-order valence-corrected chi connectivity index (χ2v) is 5.33. The van der Waals surface area contributed by atoms with Gasteiger partial charge in [-0.05, 0) is 13.8 Å². The molecule has 1 fully saturated rings. The molecule has 1 saturated heterocycles. The predicted octanol–water partition coefficient (Wildman–Crippen LogP) is 0.161. The SMILES string of the molecule is COCCn1cc(N2CCC(=O)NC(C)(C)C2=O)cn1. The highest BCUT2D eigenvalue weighted by Gasteiger charge is 2.37. The number of rotatable bonds is 4. The quantitative estimate of drug-likeness (QED) is 0.852. The molecule has 7 heteroatoms. The lowest BCUT2D eigenvalue weighted by atomic mass is 10.0. The third-order valence-electron chi connectivity index (χ3n) is 3.25. The van der Waals surface area contributed by atoms with Crippen molar-refractivity contribution < 1.29 is 14.3 Å². The predicted molar refractivity (Wildman–Crippen MR) is 73.3 cm³/mol. The maximum Gasteiger partial charge on any atom is 0.252 e. The van der Waals surface area contributed by atoms with E-state index in [1.165, 1.54) is 0 Å². The van der Waals surface area contributed by atoms with E-state index in [-0.39, 0.29) is 11.8 Å². The van der Waals surface area contributed by atoms with Gasteiger partial charge in [-0.25, -0.2) is 0 Å². The fraction of sp³-hybridized carbons (Fsp3) is 0.615. The number of amides is 2. The zero-order valence-corrected chi connectivity index (χ0v) is 12.0. The number of carbonyl (C=O) groups excluding carboxylic acids is 2. The molecule has 1 aliphatic rings. The number of anilines is 1. The fourth-order valence-corrected chi connectivity index (χ4v) is 2.16. The van der Waals surface area contributed by atoms with Gasteiger partial charge in [0.25, 0.3) is 5.91 Å². The Balaban J connectivity index is 2.19. The van der Waals surface area contributed by atoms with E-state index in [1.54, 1.807) is 42.9 Å². The highest BCUT2D eigenvalue weighted by atomic mass is 16.5. The molecule has 1 aromatic heterocycles. The number of hydrogen-bond donors (Lipinski definition) is 1. The molecule has 0 aliphatic carbocycles. The van der Waals surface area contributed by atoms with E-state index in [1.807, 2.05) is 0 Å². The van der Waals surface area contributed by atoms with Crippen molar-refractivity contribution in [2.24, 2.45) is 0 Å². The molecule has 0 bridgehead atoms. The van der Waals surface area contributed by atoms with Crippen LogP contribution in [0.25, 0.3) is 0 Å². The van der Waals surface area contributed by atoms with Crippen LogP contribution < -0.4 is 10.2 Å². The molecule has 2 heterocycles. The second-order valence-electron chi connectivity index (χ2n) is 5.33. The van der Waals surface area contributed by atoms with Gasteiger partial charge < -0.3 is 15.0 Å². The maximum absolute atomic E-state index is 12.5. The lowest BCUT2D eigenvalue weighted by molar-refractivity contribution is -0.128. The molecule has 110 valence electrons. The Labute approximate surface area is 117 Å². The first-order valence-corrected chi connectivity index (χ1v) is 6.58. The van der Waals surface area contributed by atoms with E-state index < -0.39 is 5.54 Å². The summed E-state index contributed by atoms with van der Waals surface area (Å²) in [5.74, 6) is -0.243. The van der Waals surface area contributed by atoms with E-state index in [0.717, 1.165) is 0 Å². The minimum absolute atomic E-state index is 0.113. The van der Waals surface area contributed by atoms with Crippen LogP contribution in [0, 0.1) is 0 Å². The Morgan fingerprint density at radius 3 is 2.90 bits per heavy atom. The molecular formula is C13H20N4O3. The molecule has 0 saturated carbocycles. The number of aromatic nitrogens is 2. The van der Waals surface area contributed by atoms with Gasteiger partial charge in [0.1, 0.15) is 5.54 Å². The first-order valence-electron chi connectivity index (χ1n) is 6.58. The smallest absolute Gasteiger partial charge is 0.252 e. The maximum atomic E-state index is 12.5. The summed E-state index contributed by atoms with van der Waals surface area (Å²) in [6.07, 6.45) is 3.72. The van der Waals surface area contributed by atoms with Crippen LogP contribution in [-0.2, 0) is 20.9 Å². The van der Waals surface area contributed by atoms with Crippen LogP contribution in [0.1, 0.15) is 20.3 Å². The second kappa shape index (κ2) is 5.62. The van der Waals surface area contributed by atoms with Crippen molar-refractivity contribution in [3.05, 3.63) is 12.4 Å². The van der Waals surface area contributed by atoms with Crippen molar-refractivity contribution in [2.75, 3.05) is 25.2 Å². The number of nitrogens with zero attached hydrogens (tertiary/aromatic N) is 3. The minimum atomic E-state index is -0.901. The van der Waals surface area contributed by atoms with Crippen LogP contribution in [0.4, 0.5) is 5.69 Å². The van der Waals surface area contributed by atoms with Crippen molar-refractivity contribution in [3.63, 3.8) is 0 Å². The summed E-state index contributed by atoms with van der Waals surface area (Å²) in [5.41, 5.74) is -0.196. The van der Waals surface area contributed by atoms with Gasteiger partial charge in [0.15, 0.2) is 0 Å². The number of nitrogens with one attached hydrogen (secondary N) is 1. The van der Waals surface area contributed by atoms with Crippen molar-refractivity contribution in [3.8, 4) is 0 Å². The lowest BCUT2D eigenvalue weighted by Crippen LogP contribution is -2.52. The van der Waals surface area contributed by atoms with Crippen LogP contribution in [0.15, 0.2) is 12.4 Å². The molecule has 0 aromatic carbocycles. The Morgan fingerprint density at radius 1 is 1.45 bits per heavy atom. The number of hydrogen-bond acceptors (Lipinski definition) is 4. The summed E-state index contributed by atoms with van der Waals surface area (Å²) < 4.78 is 6.71. The van der Waals surface area contributed by atoms with Gasteiger partial charge in [-0.3, -0.25) is 14.3 Å². The van der Waals surface area contributed by atoms with Crippen molar-refractivity contribution in [1.82, 2.24) is 15.1 Å². The molecule has 0 radical (unpaired) electrons. The third-order valence-corrected chi connectivity index (χ3v) is 3.25. The summed E-state index contributed by atoms with van der Waals surface area (Å²) in [4.78, 5) is 25.7. The van der Waals surface area contributed by atoms with Crippen molar-refractivity contribution in [2.45, 2.75) is 32.4 Å². The van der Waals surface area contributed by atoms with E-state index in [9.17, 15) is 9.59 Å². The molecule has 7 nitrogen and oxygen atoms in total. The number of ether oxygens (including phenoxy) is 1. The van der Waals surface area contributed by atoms with Crippen molar-refractivity contribution in [1.29, 1.82) is 0 Å². The lowest BCUT2D eigenvalue weighted by Gasteiger charge is -2.27. The highest BCUT2D eigenvalue weighted by molar-refractivity contribution is 6.03. The molecule has 20 heavy (non-hydrogen) atoms. The topological polar surface area (TPSA) is 76.5 Å². The van der Waals surface area contributed by atoms with E-state index in [0.29, 0.717) is 31.8 Å². The molecule has 0 atom stereocenters. The minimum Gasteiger partial charge on any atom is -0.383 e. The molecule has 0 spiro atoms. The highest BCUT2D eigenvalue weighted by Crippen LogP contribution is 2.20. The van der Waals surface area contributed by atoms with Gasteiger partial charge in [-0.1, -0.05) is 0 Å². The molecule has 2 amide bonds. The molecule has 1 aromatic rings. The summed E-state index contributed by atoms with van der Waals surface area (Å²) in [7, 11) is 1.63. The summed E-state index contributed by atoms with van der Waals surface area (Å²) in [5, 5.41) is 6.93. The Bertz CT molecular complexity index is 509. The summed E-state index contributed by atoms with van der Waals surface area (Å²) >= 11 is 0. The normalized spacial score (nSPS) is 18.9. The fourth-order valence-electron chi connectivity index (χ4n) is 2.16. The number of carbonyl (C=O) groups is 2. The molecule has 1 N–H and O–H groups in total. The summed E-state index contributed by atoms with van der Waals surface area (Å²) in [6.45, 7) is 4.96. The average molecular weight is 280 g/mol. The largest absolute Gasteiger partial charge is 0.383 e. The molecule has 0 unspecified atom stereocenters. The van der Waals surface area contributed by atoms with Gasteiger partial charge in [0.2, 0.25) is 5.91 Å². The third kappa shape index (κ3) is 2.98. The average Bonchev–Trinajstić information content (AvgIpc) is 2.80.